The molecule has 0 amide bonds. The van der Waals surface area contributed by atoms with E-state index in [0.29, 0.717) is 11.4 Å². The molecule has 0 radical (unpaired) electrons. The summed E-state index contributed by atoms with van der Waals surface area (Å²) in [7, 11) is 0. The molecule has 1 aliphatic rings. The first kappa shape index (κ1) is 33.5. The first-order chi connectivity index (χ1) is 27.1. The van der Waals surface area contributed by atoms with Crippen molar-refractivity contribution in [1.82, 2.24) is 0 Å². The minimum Gasteiger partial charge on any atom is -0.464 e. The minimum absolute atomic E-state index is 0.269. The Labute approximate surface area is 321 Å². The molecule has 4 heteroatoms. The zero-order chi connectivity index (χ0) is 37.1. The summed E-state index contributed by atoms with van der Waals surface area (Å²) < 4.78 is 6.40. The number of fused-ring (bicyclic) bond motifs is 2. The average molecular weight is 708 g/mol. The van der Waals surface area contributed by atoms with E-state index in [1.807, 2.05) is 48.5 Å². The van der Waals surface area contributed by atoms with Gasteiger partial charge in [-0.3, -0.25) is 0 Å². The molecule has 3 N–H and O–H groups in total. The summed E-state index contributed by atoms with van der Waals surface area (Å²) in [4.78, 5) is 0. The smallest absolute Gasteiger partial charge is 0.196 e. The molecule has 0 saturated carbocycles. The molecule has 1 atom stereocenters. The van der Waals surface area contributed by atoms with Gasteiger partial charge in [0.15, 0.2) is 6.23 Å². The largest absolute Gasteiger partial charge is 0.464 e. The summed E-state index contributed by atoms with van der Waals surface area (Å²) in [5.74, 6) is 0.841. The van der Waals surface area contributed by atoms with E-state index >= 15 is 0 Å². The van der Waals surface area contributed by atoms with E-state index in [0.717, 1.165) is 67.1 Å². The lowest BCUT2D eigenvalue weighted by Gasteiger charge is -2.16. The zero-order valence-electron chi connectivity index (χ0n) is 30.0. The second kappa shape index (κ2) is 14.6. The molecule has 55 heavy (non-hydrogen) atoms. The fourth-order valence-corrected chi connectivity index (χ4v) is 7.37. The highest BCUT2D eigenvalue weighted by Gasteiger charge is 2.24. The predicted molar refractivity (Wildman–Crippen MR) is 228 cm³/mol. The van der Waals surface area contributed by atoms with Crippen molar-refractivity contribution in [3.63, 3.8) is 0 Å². The van der Waals surface area contributed by atoms with Crippen LogP contribution < -0.4 is 10.1 Å². The van der Waals surface area contributed by atoms with Crippen LogP contribution in [0.2, 0.25) is 0 Å². The lowest BCUT2D eigenvalue weighted by atomic mass is 9.88. The van der Waals surface area contributed by atoms with Gasteiger partial charge in [-0.15, -0.1) is 0 Å². The van der Waals surface area contributed by atoms with Crippen LogP contribution in [0.1, 0.15) is 22.9 Å². The highest BCUT2D eigenvalue weighted by atomic mass is 16.5. The Kier molecular flexibility index (Phi) is 8.91. The van der Waals surface area contributed by atoms with Crippen LogP contribution >= 0.6 is 0 Å². The second-order valence-corrected chi connectivity index (χ2v) is 13.7. The Balaban J connectivity index is 1.000. The number of rotatable bonds is 9. The summed E-state index contributed by atoms with van der Waals surface area (Å²) in [6.07, 6.45) is 3.12. The van der Waals surface area contributed by atoms with Crippen molar-refractivity contribution in [3.05, 3.63) is 217 Å². The number of anilines is 1. The molecule has 0 bridgehead atoms. The predicted octanol–water partition coefficient (Wildman–Crippen LogP) is 13.0. The molecule has 0 aromatic heterocycles. The molecule has 0 aliphatic carbocycles. The summed E-state index contributed by atoms with van der Waals surface area (Å²) in [5, 5.41) is 23.1. The van der Waals surface area contributed by atoms with E-state index in [4.69, 9.17) is 15.6 Å². The van der Waals surface area contributed by atoms with Gasteiger partial charge in [0, 0.05) is 5.56 Å². The first-order valence-corrected chi connectivity index (χ1v) is 18.4. The van der Waals surface area contributed by atoms with E-state index in [1.165, 1.54) is 16.3 Å². The number of benzene rings is 8. The molecule has 1 unspecified atom stereocenters. The van der Waals surface area contributed by atoms with Crippen LogP contribution in [0.25, 0.3) is 55.3 Å². The lowest BCUT2D eigenvalue weighted by molar-refractivity contribution is 0.260. The summed E-state index contributed by atoms with van der Waals surface area (Å²) in [6.45, 7) is 0. The third-order valence-corrected chi connectivity index (χ3v) is 10.2. The monoisotopic (exact) mass is 707 g/mol. The Morgan fingerprint density at radius 3 is 1.85 bits per heavy atom. The molecule has 1 heterocycles. The van der Waals surface area contributed by atoms with Crippen LogP contribution in [-0.4, -0.2) is 11.4 Å². The Morgan fingerprint density at radius 2 is 1.07 bits per heavy atom. The quantitative estimate of drug-likeness (QED) is 0.131. The van der Waals surface area contributed by atoms with Crippen LogP contribution in [0, 0.1) is 10.8 Å². The van der Waals surface area contributed by atoms with Gasteiger partial charge in [-0.25, -0.2) is 0 Å². The summed E-state index contributed by atoms with van der Waals surface area (Å²) >= 11 is 0. The topological polar surface area (TPSA) is 69.0 Å². The first-order valence-electron chi connectivity index (χ1n) is 18.4. The second-order valence-electron chi connectivity index (χ2n) is 13.7. The number of allylic oxidation sites excluding steroid dienone is 2. The number of nitrogens with one attached hydrogen (secondary N) is 3. The molecule has 0 saturated heterocycles. The summed E-state index contributed by atoms with van der Waals surface area (Å²) in [5.41, 5.74) is 13.5. The van der Waals surface area contributed by atoms with Crippen molar-refractivity contribution in [2.45, 2.75) is 6.23 Å². The van der Waals surface area contributed by atoms with Crippen molar-refractivity contribution in [2.75, 3.05) is 5.32 Å². The van der Waals surface area contributed by atoms with Crippen molar-refractivity contribution in [3.8, 4) is 50.3 Å². The molecule has 1 aliphatic heterocycles. The van der Waals surface area contributed by atoms with E-state index < -0.39 is 0 Å². The van der Waals surface area contributed by atoms with Crippen LogP contribution in [0.15, 0.2) is 200 Å². The summed E-state index contributed by atoms with van der Waals surface area (Å²) in [6, 6.07) is 64.8. The van der Waals surface area contributed by atoms with Crippen LogP contribution in [0.4, 0.5) is 5.69 Å². The van der Waals surface area contributed by atoms with Crippen molar-refractivity contribution in [1.29, 1.82) is 10.8 Å². The van der Waals surface area contributed by atoms with Crippen molar-refractivity contribution < 1.29 is 4.74 Å². The van der Waals surface area contributed by atoms with Crippen molar-refractivity contribution in [2.24, 2.45) is 0 Å². The molecule has 0 spiro atoms. The van der Waals surface area contributed by atoms with E-state index in [-0.39, 0.29) is 6.23 Å². The van der Waals surface area contributed by atoms with Gasteiger partial charge in [-0.2, -0.15) is 0 Å². The van der Waals surface area contributed by atoms with Crippen LogP contribution in [0.3, 0.4) is 0 Å². The van der Waals surface area contributed by atoms with E-state index in [1.54, 1.807) is 12.2 Å². The average Bonchev–Trinajstić information content (AvgIpc) is 3.70. The normalized spacial score (nSPS) is 13.3. The van der Waals surface area contributed by atoms with Gasteiger partial charge in [-0.1, -0.05) is 164 Å². The van der Waals surface area contributed by atoms with Gasteiger partial charge >= 0.3 is 0 Å². The highest BCUT2D eigenvalue weighted by molar-refractivity contribution is 6.14. The molecule has 8 aromatic carbocycles. The van der Waals surface area contributed by atoms with Gasteiger partial charge < -0.3 is 20.9 Å². The van der Waals surface area contributed by atoms with Gasteiger partial charge in [0.2, 0.25) is 0 Å². The SMILES string of the molecule is N=C(/C=C\C(=N)c1ccc(-c2c(-c3cccc(-c4ccc5c(c4)NC(c4cccc(-c6ccccc6)c4)O5)c3)ccc3ccccc23)cc1)c1ccccc1. The number of ether oxygens (including phenoxy) is 1. The molecule has 9 rings (SSSR count). The van der Waals surface area contributed by atoms with Crippen LogP contribution in [-0.2, 0) is 0 Å². The van der Waals surface area contributed by atoms with Gasteiger partial charge in [0.25, 0.3) is 0 Å². The zero-order valence-corrected chi connectivity index (χ0v) is 30.0. The third kappa shape index (κ3) is 6.85. The number of hydrogen-bond acceptors (Lipinski definition) is 4. The maximum Gasteiger partial charge on any atom is 0.196 e. The molecule has 8 aromatic rings. The molecular formula is C51H37N3O. The molecule has 262 valence electrons. The third-order valence-electron chi connectivity index (χ3n) is 10.2. The fourth-order valence-electron chi connectivity index (χ4n) is 7.37. The maximum absolute atomic E-state index is 8.72. The highest BCUT2D eigenvalue weighted by Crippen LogP contribution is 2.43. The Bertz CT molecular complexity index is 2730. The number of hydrogen-bond donors (Lipinski definition) is 3. The standard InChI is InChI=1S/C51H37N3O/c52-46(36-14-5-2-6-15-36)28-29-47(53)37-21-23-38(24-22-37)50-44-20-8-7-13-35(44)25-27-45(50)42-18-9-17-40(31-42)41-26-30-49-48(33-41)54-51(55-49)43-19-10-16-39(32-43)34-11-3-1-4-12-34/h1-33,51-54H/b29-28-,52-46?,53-47?. The van der Waals surface area contributed by atoms with E-state index in [9.17, 15) is 0 Å². The molecule has 4 nitrogen and oxygen atoms in total. The maximum atomic E-state index is 8.72. The van der Waals surface area contributed by atoms with Crippen molar-refractivity contribution >= 4 is 27.9 Å². The van der Waals surface area contributed by atoms with Gasteiger partial charge in [0.1, 0.15) is 5.75 Å². The lowest BCUT2D eigenvalue weighted by Crippen LogP contribution is -2.10. The van der Waals surface area contributed by atoms with E-state index in [2.05, 4.69) is 145 Å². The van der Waals surface area contributed by atoms with Gasteiger partial charge in [-0.05, 0) is 103 Å². The Hall–Kier alpha value is -7.30. The fraction of sp³-hybridized carbons (Fsp3) is 0.0196. The van der Waals surface area contributed by atoms with Crippen LogP contribution in [0.5, 0.6) is 5.75 Å². The minimum atomic E-state index is -0.269. The Morgan fingerprint density at radius 1 is 0.473 bits per heavy atom. The molecule has 0 fully saturated rings. The van der Waals surface area contributed by atoms with Gasteiger partial charge in [0.05, 0.1) is 17.1 Å². The molecular weight excluding hydrogens is 671 g/mol.